The van der Waals surface area contributed by atoms with Crippen molar-refractivity contribution in [3.63, 3.8) is 0 Å². The number of piperidine rings is 1. The summed E-state index contributed by atoms with van der Waals surface area (Å²) in [5.41, 5.74) is 0.445. The first-order valence-electron chi connectivity index (χ1n) is 7.21. The van der Waals surface area contributed by atoms with Crippen molar-refractivity contribution in [3.05, 3.63) is 24.3 Å². The number of hydrogen-bond acceptors (Lipinski definition) is 3. The number of benzene rings is 1. The first-order valence-corrected chi connectivity index (χ1v) is 7.21. The lowest BCUT2D eigenvalue weighted by molar-refractivity contribution is 0.151. The van der Waals surface area contributed by atoms with E-state index in [0.29, 0.717) is 17.8 Å². The molecule has 20 heavy (non-hydrogen) atoms. The van der Waals surface area contributed by atoms with Crippen LogP contribution in [-0.2, 0) is 0 Å². The van der Waals surface area contributed by atoms with Crippen molar-refractivity contribution in [2.45, 2.75) is 43.8 Å². The quantitative estimate of drug-likeness (QED) is 0.725. The van der Waals surface area contributed by atoms with Crippen LogP contribution >= 0.6 is 0 Å². The normalized spacial score (nSPS) is 29.1. The van der Waals surface area contributed by atoms with E-state index in [0.717, 1.165) is 12.8 Å². The molecule has 1 aromatic rings. The molecule has 2 aliphatic heterocycles. The Balaban J connectivity index is 1.56. The van der Waals surface area contributed by atoms with Crippen LogP contribution in [0.2, 0.25) is 0 Å². The van der Waals surface area contributed by atoms with Gasteiger partial charge in [-0.05, 0) is 44.9 Å². The number of rotatable bonds is 2. The Bertz CT molecular complexity index is 492. The molecule has 0 aliphatic carbocycles. The van der Waals surface area contributed by atoms with Crippen molar-refractivity contribution >= 4 is 11.7 Å². The summed E-state index contributed by atoms with van der Waals surface area (Å²) in [4.78, 5) is 14.4. The highest BCUT2D eigenvalue weighted by atomic mass is 16.3. The van der Waals surface area contributed by atoms with Gasteiger partial charge in [0.25, 0.3) is 0 Å². The van der Waals surface area contributed by atoms with Gasteiger partial charge in [-0.15, -0.1) is 0 Å². The average Bonchev–Trinajstić information content (AvgIpc) is 2.63. The Morgan fingerprint density at radius 3 is 2.55 bits per heavy atom. The number of phenols is 1. The number of carbonyl (C=O) groups excluding carboxylic acids is 1. The molecular weight excluding hydrogens is 254 g/mol. The molecule has 2 bridgehead atoms. The number of para-hydroxylation sites is 2. The Morgan fingerprint density at radius 1 is 1.25 bits per heavy atom. The summed E-state index contributed by atoms with van der Waals surface area (Å²) in [5.74, 6) is 0.0890. The number of aromatic hydroxyl groups is 1. The van der Waals surface area contributed by atoms with Crippen LogP contribution in [0.4, 0.5) is 10.5 Å². The van der Waals surface area contributed by atoms with Crippen molar-refractivity contribution in [1.82, 2.24) is 10.2 Å². The zero-order chi connectivity index (χ0) is 14.1. The summed E-state index contributed by atoms with van der Waals surface area (Å²) in [6.07, 6.45) is 4.50. The molecule has 3 atom stereocenters. The lowest BCUT2D eigenvalue weighted by atomic mass is 9.98. The smallest absolute Gasteiger partial charge is 0.319 e. The van der Waals surface area contributed by atoms with E-state index in [1.165, 1.54) is 12.8 Å². The highest BCUT2D eigenvalue weighted by molar-refractivity contribution is 5.90. The van der Waals surface area contributed by atoms with Gasteiger partial charge in [-0.25, -0.2) is 4.79 Å². The van der Waals surface area contributed by atoms with Crippen LogP contribution in [0.15, 0.2) is 24.3 Å². The maximum absolute atomic E-state index is 12.0. The van der Waals surface area contributed by atoms with Gasteiger partial charge in [0.05, 0.1) is 5.69 Å². The molecule has 0 radical (unpaired) electrons. The highest BCUT2D eigenvalue weighted by Crippen LogP contribution is 2.34. The molecule has 3 rings (SSSR count). The molecule has 0 saturated carbocycles. The molecule has 2 amide bonds. The van der Waals surface area contributed by atoms with E-state index >= 15 is 0 Å². The van der Waals surface area contributed by atoms with Gasteiger partial charge in [-0.2, -0.15) is 0 Å². The predicted molar refractivity (Wildman–Crippen MR) is 77.9 cm³/mol. The summed E-state index contributed by atoms with van der Waals surface area (Å²) >= 11 is 0. The van der Waals surface area contributed by atoms with Crippen LogP contribution < -0.4 is 10.6 Å². The molecule has 1 aromatic carbocycles. The second-order valence-corrected chi connectivity index (χ2v) is 5.83. The Morgan fingerprint density at radius 2 is 1.90 bits per heavy atom. The maximum Gasteiger partial charge on any atom is 0.319 e. The van der Waals surface area contributed by atoms with Crippen LogP contribution in [0.5, 0.6) is 5.75 Å². The number of carbonyl (C=O) groups is 1. The Kier molecular flexibility index (Phi) is 3.53. The van der Waals surface area contributed by atoms with Gasteiger partial charge < -0.3 is 20.6 Å². The minimum absolute atomic E-state index is 0.0890. The molecule has 5 nitrogen and oxygen atoms in total. The Hall–Kier alpha value is -1.75. The largest absolute Gasteiger partial charge is 0.506 e. The molecule has 3 N–H and O–H groups in total. The van der Waals surface area contributed by atoms with Crippen LogP contribution in [0.25, 0.3) is 0 Å². The summed E-state index contributed by atoms with van der Waals surface area (Å²) in [5, 5.41) is 15.4. The van der Waals surface area contributed by atoms with Crippen LogP contribution in [0.3, 0.4) is 0 Å². The average molecular weight is 275 g/mol. The number of urea groups is 1. The van der Waals surface area contributed by atoms with Crippen molar-refractivity contribution in [1.29, 1.82) is 0 Å². The van der Waals surface area contributed by atoms with E-state index < -0.39 is 0 Å². The van der Waals surface area contributed by atoms with Gasteiger partial charge in [0.1, 0.15) is 5.75 Å². The lowest BCUT2D eigenvalue weighted by Gasteiger charge is -2.36. The van der Waals surface area contributed by atoms with Gasteiger partial charge >= 0.3 is 6.03 Å². The molecular formula is C15H21N3O2. The van der Waals surface area contributed by atoms with Gasteiger partial charge in [0.15, 0.2) is 0 Å². The molecule has 0 aromatic heterocycles. The third kappa shape index (κ3) is 2.58. The molecule has 0 spiro atoms. The minimum Gasteiger partial charge on any atom is -0.506 e. The van der Waals surface area contributed by atoms with Crippen molar-refractivity contribution in [3.8, 4) is 5.75 Å². The van der Waals surface area contributed by atoms with E-state index in [-0.39, 0.29) is 17.8 Å². The zero-order valence-electron chi connectivity index (χ0n) is 11.7. The number of hydrogen-bond donors (Lipinski definition) is 3. The minimum atomic E-state index is -0.236. The van der Waals surface area contributed by atoms with E-state index in [1.54, 1.807) is 24.3 Å². The van der Waals surface area contributed by atoms with Crippen LogP contribution in [0.1, 0.15) is 25.7 Å². The second kappa shape index (κ2) is 5.32. The molecule has 2 heterocycles. The topological polar surface area (TPSA) is 64.6 Å². The number of anilines is 1. The molecule has 2 saturated heterocycles. The zero-order valence-corrected chi connectivity index (χ0v) is 11.7. The molecule has 2 fully saturated rings. The molecule has 5 heteroatoms. The van der Waals surface area contributed by atoms with Gasteiger partial charge in [0.2, 0.25) is 0 Å². The fourth-order valence-electron chi connectivity index (χ4n) is 3.45. The first-order chi connectivity index (χ1) is 9.63. The summed E-state index contributed by atoms with van der Waals surface area (Å²) < 4.78 is 0. The fourth-order valence-corrected chi connectivity index (χ4v) is 3.45. The van der Waals surface area contributed by atoms with E-state index in [1.807, 2.05) is 0 Å². The number of nitrogens with zero attached hydrogens (tertiary/aromatic N) is 1. The van der Waals surface area contributed by atoms with Crippen molar-refractivity contribution < 1.29 is 9.90 Å². The SMILES string of the molecule is CN1[C@@H]2CC[C@H]1CC(NC(=O)Nc1ccccc1O)C2. The second-order valence-electron chi connectivity index (χ2n) is 5.83. The third-order valence-electron chi connectivity index (χ3n) is 4.59. The van der Waals surface area contributed by atoms with Crippen LogP contribution in [0, 0.1) is 0 Å². The van der Waals surface area contributed by atoms with Gasteiger partial charge in [-0.3, -0.25) is 0 Å². The van der Waals surface area contributed by atoms with Gasteiger partial charge in [0, 0.05) is 18.1 Å². The van der Waals surface area contributed by atoms with E-state index in [4.69, 9.17) is 0 Å². The maximum atomic E-state index is 12.0. The number of phenolic OH excluding ortho intramolecular Hbond substituents is 1. The first kappa shape index (κ1) is 13.2. The van der Waals surface area contributed by atoms with E-state index in [9.17, 15) is 9.90 Å². The van der Waals surface area contributed by atoms with Crippen molar-refractivity contribution in [2.24, 2.45) is 0 Å². The molecule has 1 unspecified atom stereocenters. The summed E-state index contributed by atoms with van der Waals surface area (Å²) in [6.45, 7) is 0. The molecule has 2 aliphatic rings. The highest BCUT2D eigenvalue weighted by Gasteiger charge is 2.38. The summed E-state index contributed by atoms with van der Waals surface area (Å²) in [6, 6.07) is 7.96. The molecule has 108 valence electrons. The lowest BCUT2D eigenvalue weighted by Crippen LogP contribution is -2.49. The van der Waals surface area contributed by atoms with E-state index in [2.05, 4.69) is 22.6 Å². The van der Waals surface area contributed by atoms with Gasteiger partial charge in [-0.1, -0.05) is 12.1 Å². The monoisotopic (exact) mass is 275 g/mol. The van der Waals surface area contributed by atoms with Crippen LogP contribution in [-0.4, -0.2) is 41.2 Å². The number of fused-ring (bicyclic) bond motifs is 2. The standard InChI is InChI=1S/C15H21N3O2/c1-18-11-6-7-12(18)9-10(8-11)16-15(20)17-13-4-2-3-5-14(13)19/h2-5,10-12,19H,6-9H2,1H3,(H2,16,17,20)/t10?,11-,12+. The summed E-state index contributed by atoms with van der Waals surface area (Å²) in [7, 11) is 2.18. The third-order valence-corrected chi connectivity index (χ3v) is 4.59. The predicted octanol–water partition coefficient (Wildman–Crippen LogP) is 2.14. The van der Waals surface area contributed by atoms with Crippen molar-refractivity contribution in [2.75, 3.05) is 12.4 Å². The fraction of sp³-hybridized carbons (Fsp3) is 0.533. The Labute approximate surface area is 119 Å². The number of nitrogens with one attached hydrogen (secondary N) is 2. The number of amides is 2.